The summed E-state index contributed by atoms with van der Waals surface area (Å²) in [7, 11) is -2.86. The monoisotopic (exact) mass is 513 g/mol. The first-order valence-electron chi connectivity index (χ1n) is 9.19. The van der Waals surface area contributed by atoms with E-state index in [1.165, 1.54) is 49.6 Å². The lowest BCUT2D eigenvalue weighted by Crippen LogP contribution is -2.40. The van der Waals surface area contributed by atoms with E-state index in [4.69, 9.17) is 44.3 Å². The third-order valence-electron chi connectivity index (χ3n) is 4.40. The Morgan fingerprint density at radius 2 is 1.59 bits per heavy atom. The number of rotatable bonds is 7. The zero-order valence-electron chi connectivity index (χ0n) is 17.0. The van der Waals surface area contributed by atoms with Crippen LogP contribution in [-0.4, -0.2) is 28.0 Å². The van der Waals surface area contributed by atoms with Gasteiger partial charge in [0.1, 0.15) is 11.5 Å². The fraction of sp³-hybridized carbons (Fsp3) is 0.136. The van der Waals surface area contributed by atoms with Crippen molar-refractivity contribution in [2.45, 2.75) is 11.8 Å². The molecule has 0 fully saturated rings. The number of aryl methyl sites for hydroxylation is 1. The quantitative estimate of drug-likeness (QED) is 0.400. The van der Waals surface area contributed by atoms with Crippen LogP contribution in [-0.2, 0) is 14.8 Å². The van der Waals surface area contributed by atoms with Gasteiger partial charge in [-0.05, 0) is 49.4 Å². The molecular formula is C22H18Cl3NO5S. The van der Waals surface area contributed by atoms with E-state index >= 15 is 0 Å². The Hall–Kier alpha value is -2.45. The van der Waals surface area contributed by atoms with Gasteiger partial charge in [0.25, 0.3) is 15.9 Å². The van der Waals surface area contributed by atoms with E-state index in [0.29, 0.717) is 15.1 Å². The predicted molar refractivity (Wildman–Crippen MR) is 126 cm³/mol. The Balaban J connectivity index is 2.01. The molecule has 0 saturated heterocycles. The number of carbonyl (C=O) groups is 1. The highest BCUT2D eigenvalue weighted by Crippen LogP contribution is 2.33. The molecule has 168 valence electrons. The molecule has 0 radical (unpaired) electrons. The smallest absolute Gasteiger partial charge is 0.278 e. The standard InChI is InChI=1S/C22H18Cl3NO5S/c1-14-3-7-17(8-4-14)32(28,29)26(16-6-10-20(30-2)19(25)12-16)22(27)13-31-21-11-15(23)5-9-18(21)24/h3-12H,13H2,1-2H3. The first kappa shape index (κ1) is 24.2. The van der Waals surface area contributed by atoms with Crippen LogP contribution in [0.25, 0.3) is 0 Å². The van der Waals surface area contributed by atoms with Crippen LogP contribution >= 0.6 is 34.8 Å². The maximum absolute atomic E-state index is 13.4. The molecular weight excluding hydrogens is 497 g/mol. The molecule has 32 heavy (non-hydrogen) atoms. The van der Waals surface area contributed by atoms with Crippen LogP contribution in [0.2, 0.25) is 15.1 Å². The van der Waals surface area contributed by atoms with Gasteiger partial charge >= 0.3 is 0 Å². The first-order chi connectivity index (χ1) is 15.1. The lowest BCUT2D eigenvalue weighted by atomic mass is 10.2. The van der Waals surface area contributed by atoms with Crippen LogP contribution in [0.15, 0.2) is 65.6 Å². The van der Waals surface area contributed by atoms with E-state index in [-0.39, 0.29) is 26.4 Å². The highest BCUT2D eigenvalue weighted by atomic mass is 35.5. The molecule has 0 saturated carbocycles. The van der Waals surface area contributed by atoms with Gasteiger partial charge in [0, 0.05) is 11.1 Å². The van der Waals surface area contributed by atoms with E-state index in [1.807, 2.05) is 6.92 Å². The number of amides is 1. The molecule has 0 unspecified atom stereocenters. The van der Waals surface area contributed by atoms with Crippen molar-refractivity contribution in [1.82, 2.24) is 0 Å². The Kier molecular flexibility index (Phi) is 7.56. The topological polar surface area (TPSA) is 72.9 Å². The third kappa shape index (κ3) is 5.30. The lowest BCUT2D eigenvalue weighted by molar-refractivity contribution is -0.119. The zero-order valence-corrected chi connectivity index (χ0v) is 20.1. The van der Waals surface area contributed by atoms with Crippen LogP contribution in [0, 0.1) is 6.92 Å². The average Bonchev–Trinajstić information content (AvgIpc) is 2.75. The molecule has 0 bridgehead atoms. The Bertz CT molecular complexity index is 1250. The summed E-state index contributed by atoms with van der Waals surface area (Å²) in [5.74, 6) is -0.381. The fourth-order valence-electron chi connectivity index (χ4n) is 2.80. The minimum Gasteiger partial charge on any atom is -0.495 e. The molecule has 3 rings (SSSR count). The number of carbonyl (C=O) groups excluding carboxylic acids is 1. The van der Waals surface area contributed by atoms with Crippen molar-refractivity contribution in [3.05, 3.63) is 81.3 Å². The number of methoxy groups -OCH3 is 1. The van der Waals surface area contributed by atoms with Crippen LogP contribution in [0.4, 0.5) is 5.69 Å². The van der Waals surface area contributed by atoms with Gasteiger partial charge in [0.15, 0.2) is 6.61 Å². The summed E-state index contributed by atoms with van der Waals surface area (Å²) in [5.41, 5.74) is 0.899. The van der Waals surface area contributed by atoms with E-state index in [0.717, 1.165) is 5.56 Å². The van der Waals surface area contributed by atoms with Crippen molar-refractivity contribution < 1.29 is 22.7 Å². The molecule has 0 atom stereocenters. The summed E-state index contributed by atoms with van der Waals surface area (Å²) in [6, 6.07) is 14.8. The van der Waals surface area contributed by atoms with E-state index in [1.54, 1.807) is 18.2 Å². The molecule has 0 aliphatic carbocycles. The number of hydrogen-bond acceptors (Lipinski definition) is 5. The summed E-state index contributed by atoms with van der Waals surface area (Å²) < 4.78 is 38.1. The number of nitrogens with zero attached hydrogens (tertiary/aromatic N) is 1. The summed E-state index contributed by atoms with van der Waals surface area (Å²) in [6.45, 7) is 1.21. The number of sulfonamides is 1. The maximum Gasteiger partial charge on any atom is 0.278 e. The van der Waals surface area contributed by atoms with Crippen LogP contribution in [0.3, 0.4) is 0 Å². The fourth-order valence-corrected chi connectivity index (χ4v) is 4.79. The summed E-state index contributed by atoms with van der Waals surface area (Å²) in [4.78, 5) is 13.1. The minimum atomic E-state index is -4.28. The second kappa shape index (κ2) is 10.0. The van der Waals surface area contributed by atoms with Gasteiger partial charge in [-0.3, -0.25) is 4.79 Å². The lowest BCUT2D eigenvalue weighted by Gasteiger charge is -2.23. The Labute approximate surface area is 201 Å². The number of benzene rings is 3. The van der Waals surface area contributed by atoms with Crippen molar-refractivity contribution >= 4 is 56.4 Å². The zero-order chi connectivity index (χ0) is 23.5. The molecule has 0 heterocycles. The van der Waals surface area contributed by atoms with Crippen LogP contribution in [0.1, 0.15) is 5.56 Å². The SMILES string of the molecule is COc1ccc(N(C(=O)COc2cc(Cl)ccc2Cl)S(=O)(=O)c2ccc(C)cc2)cc1Cl. The Morgan fingerprint density at radius 3 is 2.22 bits per heavy atom. The van der Waals surface area contributed by atoms with Crippen LogP contribution < -0.4 is 13.8 Å². The highest BCUT2D eigenvalue weighted by Gasteiger charge is 2.32. The molecule has 1 amide bonds. The van der Waals surface area contributed by atoms with Crippen LogP contribution in [0.5, 0.6) is 11.5 Å². The predicted octanol–water partition coefficient (Wildman–Crippen LogP) is 5.76. The number of hydrogen-bond donors (Lipinski definition) is 0. The summed E-state index contributed by atoms with van der Waals surface area (Å²) in [5, 5.41) is 0.714. The number of anilines is 1. The van der Waals surface area contributed by atoms with Gasteiger partial charge in [-0.25, -0.2) is 8.42 Å². The minimum absolute atomic E-state index is 0.0298. The normalized spacial score (nSPS) is 11.2. The Morgan fingerprint density at radius 1 is 0.906 bits per heavy atom. The van der Waals surface area contributed by atoms with Gasteiger partial charge in [-0.1, -0.05) is 52.5 Å². The molecule has 10 heteroatoms. The van der Waals surface area contributed by atoms with Crippen molar-refractivity contribution in [3.8, 4) is 11.5 Å². The molecule has 0 aliphatic heterocycles. The van der Waals surface area contributed by atoms with E-state index in [9.17, 15) is 13.2 Å². The molecule has 3 aromatic carbocycles. The summed E-state index contributed by atoms with van der Waals surface area (Å²) >= 11 is 18.2. The van der Waals surface area contributed by atoms with Crippen molar-refractivity contribution in [2.75, 3.05) is 18.0 Å². The van der Waals surface area contributed by atoms with Gasteiger partial charge in [-0.15, -0.1) is 0 Å². The van der Waals surface area contributed by atoms with Gasteiger partial charge in [-0.2, -0.15) is 4.31 Å². The summed E-state index contributed by atoms with van der Waals surface area (Å²) in [6.07, 6.45) is 0. The first-order valence-corrected chi connectivity index (χ1v) is 11.8. The van der Waals surface area contributed by atoms with E-state index in [2.05, 4.69) is 0 Å². The van der Waals surface area contributed by atoms with Gasteiger partial charge < -0.3 is 9.47 Å². The van der Waals surface area contributed by atoms with Gasteiger partial charge in [0.05, 0.1) is 27.7 Å². The largest absolute Gasteiger partial charge is 0.495 e. The second-order valence-corrected chi connectivity index (χ2v) is 9.70. The average molecular weight is 515 g/mol. The maximum atomic E-state index is 13.4. The second-order valence-electron chi connectivity index (χ2n) is 6.66. The molecule has 0 N–H and O–H groups in total. The molecule has 0 aromatic heterocycles. The number of halogens is 3. The van der Waals surface area contributed by atoms with E-state index < -0.39 is 22.5 Å². The highest BCUT2D eigenvalue weighted by molar-refractivity contribution is 7.93. The van der Waals surface area contributed by atoms with Crippen molar-refractivity contribution in [3.63, 3.8) is 0 Å². The molecule has 0 aliphatic rings. The molecule has 6 nitrogen and oxygen atoms in total. The van der Waals surface area contributed by atoms with Crippen molar-refractivity contribution in [1.29, 1.82) is 0 Å². The third-order valence-corrected chi connectivity index (χ3v) is 7.01. The molecule has 3 aromatic rings. The number of ether oxygens (including phenoxy) is 2. The van der Waals surface area contributed by atoms with Gasteiger partial charge in [0.2, 0.25) is 0 Å². The molecule has 0 spiro atoms. The van der Waals surface area contributed by atoms with Crippen molar-refractivity contribution in [2.24, 2.45) is 0 Å².